The Morgan fingerprint density at radius 2 is 2.19 bits per heavy atom. The highest BCUT2D eigenvalue weighted by Gasteiger charge is 2.04. The van der Waals surface area contributed by atoms with Crippen molar-refractivity contribution in [1.82, 2.24) is 20.4 Å². The Hall–Kier alpha value is -1.10. The zero-order valence-electron chi connectivity index (χ0n) is 10.2. The van der Waals surface area contributed by atoms with E-state index in [0.717, 1.165) is 26.1 Å². The van der Waals surface area contributed by atoms with E-state index in [1.807, 2.05) is 10.9 Å². The Bertz CT molecular complexity index is 346. The first-order valence-corrected chi connectivity index (χ1v) is 6.12. The van der Waals surface area contributed by atoms with Crippen LogP contribution in [0.2, 0.25) is 0 Å². The lowest BCUT2D eigenvalue weighted by Gasteiger charge is -2.09. The summed E-state index contributed by atoms with van der Waals surface area (Å²) in [6.07, 6.45) is 2.98. The molecule has 0 saturated heterocycles. The van der Waals surface area contributed by atoms with Crippen LogP contribution >= 0.6 is 12.2 Å². The van der Waals surface area contributed by atoms with Crippen LogP contribution in [-0.4, -0.2) is 21.4 Å². The van der Waals surface area contributed by atoms with Gasteiger partial charge in [0, 0.05) is 30.9 Å². The standard InChI is InChI=1S/C11H20N4S/c1-4-6-12-11(16)13-7-10-8-14-15(5-2)9(10)3/h8H,4-7H2,1-3H3,(H2,12,13,16). The van der Waals surface area contributed by atoms with E-state index in [9.17, 15) is 0 Å². The molecule has 90 valence electrons. The van der Waals surface area contributed by atoms with Gasteiger partial charge in [0.25, 0.3) is 0 Å². The topological polar surface area (TPSA) is 41.9 Å². The molecule has 4 nitrogen and oxygen atoms in total. The molecule has 5 heteroatoms. The number of aryl methyl sites for hydroxylation is 1. The van der Waals surface area contributed by atoms with Gasteiger partial charge in [-0.1, -0.05) is 6.92 Å². The first-order valence-electron chi connectivity index (χ1n) is 5.72. The highest BCUT2D eigenvalue weighted by Crippen LogP contribution is 2.06. The average molecular weight is 240 g/mol. The molecular weight excluding hydrogens is 220 g/mol. The number of nitrogens with one attached hydrogen (secondary N) is 2. The molecular formula is C11H20N4S. The summed E-state index contributed by atoms with van der Waals surface area (Å²) in [5.41, 5.74) is 2.40. The number of rotatable bonds is 5. The number of thiocarbonyl (C=S) groups is 1. The number of aromatic nitrogens is 2. The summed E-state index contributed by atoms with van der Waals surface area (Å²) in [5.74, 6) is 0. The van der Waals surface area contributed by atoms with E-state index in [0.29, 0.717) is 5.11 Å². The first-order chi connectivity index (χ1) is 7.69. The van der Waals surface area contributed by atoms with Crippen LogP contribution in [0, 0.1) is 6.92 Å². The van der Waals surface area contributed by atoms with Gasteiger partial charge in [0.05, 0.1) is 6.20 Å². The molecule has 0 aromatic carbocycles. The molecule has 0 fully saturated rings. The maximum atomic E-state index is 5.15. The van der Waals surface area contributed by atoms with Crippen molar-refractivity contribution in [3.8, 4) is 0 Å². The van der Waals surface area contributed by atoms with E-state index in [4.69, 9.17) is 12.2 Å². The fourth-order valence-corrected chi connectivity index (χ4v) is 1.63. The highest BCUT2D eigenvalue weighted by atomic mass is 32.1. The summed E-state index contributed by atoms with van der Waals surface area (Å²) in [7, 11) is 0. The minimum Gasteiger partial charge on any atom is -0.363 e. The van der Waals surface area contributed by atoms with Crippen LogP contribution in [0.5, 0.6) is 0 Å². The van der Waals surface area contributed by atoms with Crippen LogP contribution in [0.25, 0.3) is 0 Å². The number of hydrogen-bond donors (Lipinski definition) is 2. The number of hydrogen-bond acceptors (Lipinski definition) is 2. The van der Waals surface area contributed by atoms with Gasteiger partial charge >= 0.3 is 0 Å². The second-order valence-electron chi connectivity index (χ2n) is 3.68. The molecule has 1 rings (SSSR count). The van der Waals surface area contributed by atoms with E-state index >= 15 is 0 Å². The van der Waals surface area contributed by atoms with E-state index in [1.54, 1.807) is 0 Å². The molecule has 1 heterocycles. The van der Waals surface area contributed by atoms with Gasteiger partial charge in [0.2, 0.25) is 0 Å². The molecule has 0 spiro atoms. The largest absolute Gasteiger partial charge is 0.363 e. The van der Waals surface area contributed by atoms with E-state index in [1.165, 1.54) is 11.3 Å². The third kappa shape index (κ3) is 3.48. The van der Waals surface area contributed by atoms with Gasteiger partial charge in [-0.15, -0.1) is 0 Å². The molecule has 1 aromatic heterocycles. The third-order valence-electron chi connectivity index (χ3n) is 2.48. The van der Waals surface area contributed by atoms with Crippen LogP contribution in [0.4, 0.5) is 0 Å². The van der Waals surface area contributed by atoms with E-state index < -0.39 is 0 Å². The van der Waals surface area contributed by atoms with E-state index in [-0.39, 0.29) is 0 Å². The SMILES string of the molecule is CCCNC(=S)NCc1cnn(CC)c1C. The molecule has 0 bridgehead atoms. The first kappa shape index (κ1) is 13.0. The summed E-state index contributed by atoms with van der Waals surface area (Å²) in [6.45, 7) is 8.84. The lowest BCUT2D eigenvalue weighted by Crippen LogP contribution is -2.35. The molecule has 0 unspecified atom stereocenters. The summed E-state index contributed by atoms with van der Waals surface area (Å²) in [6, 6.07) is 0. The van der Waals surface area contributed by atoms with Crippen molar-refractivity contribution in [2.24, 2.45) is 0 Å². The van der Waals surface area contributed by atoms with Gasteiger partial charge in [0.1, 0.15) is 0 Å². The Labute approximate surface area is 102 Å². The second-order valence-corrected chi connectivity index (χ2v) is 4.09. The van der Waals surface area contributed by atoms with Crippen molar-refractivity contribution in [3.05, 3.63) is 17.5 Å². The highest BCUT2D eigenvalue weighted by molar-refractivity contribution is 7.80. The van der Waals surface area contributed by atoms with Crippen LogP contribution in [0.15, 0.2) is 6.20 Å². The quantitative estimate of drug-likeness (QED) is 0.767. The monoisotopic (exact) mass is 240 g/mol. The Balaban J connectivity index is 2.42. The third-order valence-corrected chi connectivity index (χ3v) is 2.77. The molecule has 0 saturated carbocycles. The summed E-state index contributed by atoms with van der Waals surface area (Å²) < 4.78 is 1.99. The molecule has 16 heavy (non-hydrogen) atoms. The summed E-state index contributed by atoms with van der Waals surface area (Å²) in [4.78, 5) is 0. The summed E-state index contributed by atoms with van der Waals surface area (Å²) >= 11 is 5.15. The second kappa shape index (κ2) is 6.48. The van der Waals surface area contributed by atoms with Crippen molar-refractivity contribution >= 4 is 17.3 Å². The Morgan fingerprint density at radius 1 is 1.44 bits per heavy atom. The lowest BCUT2D eigenvalue weighted by molar-refractivity contribution is 0.637. The molecule has 0 atom stereocenters. The van der Waals surface area contributed by atoms with Crippen molar-refractivity contribution in [3.63, 3.8) is 0 Å². The van der Waals surface area contributed by atoms with Gasteiger partial charge in [-0.05, 0) is 32.5 Å². The van der Waals surface area contributed by atoms with Crippen LogP contribution in [0.3, 0.4) is 0 Å². The molecule has 2 N–H and O–H groups in total. The minimum atomic E-state index is 0.713. The van der Waals surface area contributed by atoms with Gasteiger partial charge in [-0.25, -0.2) is 0 Å². The molecule has 0 aliphatic heterocycles. The molecule has 0 radical (unpaired) electrons. The van der Waals surface area contributed by atoms with Gasteiger partial charge in [-0.2, -0.15) is 5.10 Å². The smallest absolute Gasteiger partial charge is 0.166 e. The Kier molecular flexibility index (Phi) is 5.25. The molecule has 0 aliphatic rings. The Morgan fingerprint density at radius 3 is 2.75 bits per heavy atom. The van der Waals surface area contributed by atoms with Crippen LogP contribution < -0.4 is 10.6 Å². The van der Waals surface area contributed by atoms with Gasteiger partial charge in [-0.3, -0.25) is 4.68 Å². The van der Waals surface area contributed by atoms with E-state index in [2.05, 4.69) is 36.5 Å². The molecule has 0 amide bonds. The predicted octanol–water partition coefficient (Wildman–Crippen LogP) is 1.59. The number of nitrogens with zero attached hydrogens (tertiary/aromatic N) is 2. The average Bonchev–Trinajstić information content (AvgIpc) is 2.64. The lowest BCUT2D eigenvalue weighted by atomic mass is 10.2. The zero-order chi connectivity index (χ0) is 12.0. The maximum Gasteiger partial charge on any atom is 0.166 e. The zero-order valence-corrected chi connectivity index (χ0v) is 11.0. The van der Waals surface area contributed by atoms with Crippen LogP contribution in [0.1, 0.15) is 31.5 Å². The van der Waals surface area contributed by atoms with Crippen molar-refractivity contribution in [2.45, 2.75) is 40.3 Å². The van der Waals surface area contributed by atoms with Gasteiger partial charge < -0.3 is 10.6 Å². The van der Waals surface area contributed by atoms with Crippen molar-refractivity contribution in [2.75, 3.05) is 6.54 Å². The summed E-state index contributed by atoms with van der Waals surface area (Å²) in [5, 5.41) is 11.3. The minimum absolute atomic E-state index is 0.713. The molecule has 0 aliphatic carbocycles. The van der Waals surface area contributed by atoms with Gasteiger partial charge in [0.15, 0.2) is 5.11 Å². The fraction of sp³-hybridized carbons (Fsp3) is 0.636. The fourth-order valence-electron chi connectivity index (χ4n) is 1.45. The van der Waals surface area contributed by atoms with Crippen molar-refractivity contribution in [1.29, 1.82) is 0 Å². The van der Waals surface area contributed by atoms with Crippen molar-refractivity contribution < 1.29 is 0 Å². The normalized spacial score (nSPS) is 10.2. The van der Waals surface area contributed by atoms with Crippen LogP contribution in [-0.2, 0) is 13.1 Å². The molecule has 1 aromatic rings. The predicted molar refractivity (Wildman–Crippen MR) is 70.4 cm³/mol. The maximum absolute atomic E-state index is 5.15.